The molecule has 3 rings (SSSR count). The molecular weight excluding hydrogens is 260 g/mol. The van der Waals surface area contributed by atoms with E-state index in [-0.39, 0.29) is 11.7 Å². The SMILES string of the molecule is CC1=CC(c2ccccc2)C(=O)C1=NNc1ccccc1. The van der Waals surface area contributed by atoms with Crippen LogP contribution in [0.25, 0.3) is 0 Å². The number of nitrogens with zero attached hydrogens (tertiary/aromatic N) is 1. The Labute approximate surface area is 124 Å². The van der Waals surface area contributed by atoms with Gasteiger partial charge in [0.2, 0.25) is 0 Å². The van der Waals surface area contributed by atoms with Crippen LogP contribution in [0.4, 0.5) is 5.69 Å². The third-order valence-corrected chi connectivity index (χ3v) is 3.54. The van der Waals surface area contributed by atoms with Crippen molar-refractivity contribution in [3.05, 3.63) is 77.9 Å². The fourth-order valence-corrected chi connectivity index (χ4v) is 2.43. The highest BCUT2D eigenvalue weighted by molar-refractivity contribution is 6.50. The zero-order valence-corrected chi connectivity index (χ0v) is 11.8. The number of rotatable bonds is 3. The van der Waals surface area contributed by atoms with Crippen LogP contribution in [0.15, 0.2) is 77.4 Å². The molecule has 0 bridgehead atoms. The second-order valence-electron chi connectivity index (χ2n) is 5.04. The van der Waals surface area contributed by atoms with E-state index in [9.17, 15) is 4.79 Å². The maximum absolute atomic E-state index is 12.5. The van der Waals surface area contributed by atoms with Gasteiger partial charge in [0.05, 0.1) is 11.6 Å². The Bertz CT molecular complexity index is 703. The number of hydrogen-bond donors (Lipinski definition) is 1. The Hall–Kier alpha value is -2.68. The first kappa shape index (κ1) is 13.3. The smallest absolute Gasteiger partial charge is 0.194 e. The Morgan fingerprint density at radius 3 is 2.24 bits per heavy atom. The molecule has 1 unspecified atom stereocenters. The fraction of sp³-hybridized carbons (Fsp3) is 0.111. The predicted octanol–water partition coefficient (Wildman–Crippen LogP) is 3.77. The summed E-state index contributed by atoms with van der Waals surface area (Å²) in [5, 5.41) is 4.28. The first-order chi connectivity index (χ1) is 10.3. The average molecular weight is 276 g/mol. The zero-order valence-electron chi connectivity index (χ0n) is 11.8. The van der Waals surface area contributed by atoms with Crippen molar-refractivity contribution < 1.29 is 4.79 Å². The first-order valence-corrected chi connectivity index (χ1v) is 6.92. The van der Waals surface area contributed by atoms with Crippen LogP contribution in [0, 0.1) is 0 Å². The summed E-state index contributed by atoms with van der Waals surface area (Å²) in [4.78, 5) is 12.5. The van der Waals surface area contributed by atoms with Gasteiger partial charge in [-0.2, -0.15) is 5.10 Å². The predicted molar refractivity (Wildman–Crippen MR) is 85.4 cm³/mol. The molecule has 1 atom stereocenters. The molecular formula is C18H16N2O. The molecule has 2 aromatic carbocycles. The van der Waals surface area contributed by atoms with E-state index in [1.54, 1.807) is 0 Å². The van der Waals surface area contributed by atoms with E-state index in [0.29, 0.717) is 5.71 Å². The number of hydrazone groups is 1. The van der Waals surface area contributed by atoms with Crippen LogP contribution in [0.3, 0.4) is 0 Å². The van der Waals surface area contributed by atoms with E-state index in [4.69, 9.17) is 0 Å². The largest absolute Gasteiger partial charge is 0.291 e. The number of hydrogen-bond acceptors (Lipinski definition) is 3. The third kappa shape index (κ3) is 2.77. The number of anilines is 1. The van der Waals surface area contributed by atoms with Crippen LogP contribution in [0.2, 0.25) is 0 Å². The van der Waals surface area contributed by atoms with Gasteiger partial charge in [0, 0.05) is 0 Å². The summed E-state index contributed by atoms with van der Waals surface area (Å²) < 4.78 is 0. The van der Waals surface area contributed by atoms with Crippen LogP contribution in [-0.2, 0) is 4.79 Å². The molecule has 0 spiro atoms. The van der Waals surface area contributed by atoms with Gasteiger partial charge in [-0.15, -0.1) is 0 Å². The van der Waals surface area contributed by atoms with Gasteiger partial charge < -0.3 is 0 Å². The molecule has 1 aliphatic carbocycles. The van der Waals surface area contributed by atoms with Crippen molar-refractivity contribution >= 4 is 17.2 Å². The molecule has 1 N–H and O–H groups in total. The van der Waals surface area contributed by atoms with E-state index in [2.05, 4.69) is 10.5 Å². The summed E-state index contributed by atoms with van der Waals surface area (Å²) in [6.07, 6.45) is 1.98. The van der Waals surface area contributed by atoms with E-state index in [1.807, 2.05) is 73.7 Å². The first-order valence-electron chi connectivity index (χ1n) is 6.92. The lowest BCUT2D eigenvalue weighted by Gasteiger charge is -2.06. The Balaban J connectivity index is 1.82. The lowest BCUT2D eigenvalue weighted by Crippen LogP contribution is -2.16. The standard InChI is InChI=1S/C18H16N2O/c1-13-12-16(14-8-4-2-5-9-14)18(21)17(13)20-19-15-10-6-3-7-11-15/h2-12,16,19H,1H3. The normalized spacial score (nSPS) is 19.7. The van der Waals surface area contributed by atoms with Crippen molar-refractivity contribution in [3.8, 4) is 0 Å². The molecule has 0 fully saturated rings. The summed E-state index contributed by atoms with van der Waals surface area (Å²) in [5.74, 6) is -0.176. The molecule has 0 saturated carbocycles. The van der Waals surface area contributed by atoms with E-state index in [1.165, 1.54) is 0 Å². The molecule has 21 heavy (non-hydrogen) atoms. The highest BCUT2D eigenvalue weighted by atomic mass is 16.1. The molecule has 2 aromatic rings. The number of Topliss-reactive ketones (excluding diaryl/α,β-unsaturated/α-hetero) is 1. The van der Waals surface area contributed by atoms with Gasteiger partial charge >= 0.3 is 0 Å². The van der Waals surface area contributed by atoms with Crippen molar-refractivity contribution in [2.45, 2.75) is 12.8 Å². The lowest BCUT2D eigenvalue weighted by molar-refractivity contribution is -0.113. The average Bonchev–Trinajstić information content (AvgIpc) is 2.82. The molecule has 0 amide bonds. The minimum Gasteiger partial charge on any atom is -0.291 e. The Kier molecular flexibility index (Phi) is 3.65. The number of carbonyl (C=O) groups is 1. The van der Waals surface area contributed by atoms with E-state index in [0.717, 1.165) is 16.8 Å². The summed E-state index contributed by atoms with van der Waals surface area (Å²) in [6.45, 7) is 1.92. The van der Waals surface area contributed by atoms with E-state index < -0.39 is 0 Å². The minimum absolute atomic E-state index is 0.0436. The molecule has 0 aromatic heterocycles. The minimum atomic E-state index is -0.220. The molecule has 3 nitrogen and oxygen atoms in total. The van der Waals surface area contributed by atoms with Crippen molar-refractivity contribution in [2.24, 2.45) is 5.10 Å². The van der Waals surface area contributed by atoms with Gasteiger partial charge in [-0.25, -0.2) is 0 Å². The molecule has 0 saturated heterocycles. The summed E-state index contributed by atoms with van der Waals surface area (Å²) in [5.41, 5.74) is 6.24. The Morgan fingerprint density at radius 1 is 0.952 bits per heavy atom. The molecule has 0 aliphatic heterocycles. The monoisotopic (exact) mass is 276 g/mol. The van der Waals surface area contributed by atoms with Crippen molar-refractivity contribution in [1.29, 1.82) is 0 Å². The molecule has 3 heteroatoms. The molecule has 0 heterocycles. The van der Waals surface area contributed by atoms with Crippen LogP contribution in [0.1, 0.15) is 18.4 Å². The van der Waals surface area contributed by atoms with E-state index >= 15 is 0 Å². The van der Waals surface area contributed by atoms with Gasteiger partial charge in [0.15, 0.2) is 5.78 Å². The molecule has 104 valence electrons. The van der Waals surface area contributed by atoms with Crippen LogP contribution >= 0.6 is 0 Å². The summed E-state index contributed by atoms with van der Waals surface area (Å²) in [7, 11) is 0. The van der Waals surface area contributed by atoms with Gasteiger partial charge in [0.25, 0.3) is 0 Å². The topological polar surface area (TPSA) is 41.5 Å². The van der Waals surface area contributed by atoms with Gasteiger partial charge in [-0.1, -0.05) is 54.6 Å². The number of para-hydroxylation sites is 1. The molecule has 1 aliphatic rings. The van der Waals surface area contributed by atoms with Crippen LogP contribution in [-0.4, -0.2) is 11.5 Å². The van der Waals surface area contributed by atoms with Gasteiger partial charge in [-0.3, -0.25) is 10.2 Å². The summed E-state index contributed by atoms with van der Waals surface area (Å²) >= 11 is 0. The van der Waals surface area contributed by atoms with Gasteiger partial charge in [0.1, 0.15) is 5.71 Å². The number of allylic oxidation sites excluding steroid dienone is 2. The highest BCUT2D eigenvalue weighted by Crippen LogP contribution is 2.28. The second-order valence-corrected chi connectivity index (χ2v) is 5.04. The second kappa shape index (κ2) is 5.75. The number of benzene rings is 2. The number of nitrogens with one attached hydrogen (secondary N) is 1. The maximum Gasteiger partial charge on any atom is 0.194 e. The van der Waals surface area contributed by atoms with Crippen LogP contribution < -0.4 is 5.43 Å². The maximum atomic E-state index is 12.5. The van der Waals surface area contributed by atoms with Crippen LogP contribution in [0.5, 0.6) is 0 Å². The van der Waals surface area contributed by atoms with Gasteiger partial charge in [-0.05, 0) is 30.2 Å². The Morgan fingerprint density at radius 2 is 1.57 bits per heavy atom. The number of carbonyl (C=O) groups excluding carboxylic acids is 1. The lowest BCUT2D eigenvalue weighted by atomic mass is 9.97. The van der Waals surface area contributed by atoms with Crippen molar-refractivity contribution in [3.63, 3.8) is 0 Å². The number of ketones is 1. The van der Waals surface area contributed by atoms with Crippen molar-refractivity contribution in [2.75, 3.05) is 5.43 Å². The van der Waals surface area contributed by atoms with Crippen molar-refractivity contribution in [1.82, 2.24) is 0 Å². The summed E-state index contributed by atoms with van der Waals surface area (Å²) in [6, 6.07) is 19.4. The molecule has 0 radical (unpaired) electrons. The zero-order chi connectivity index (χ0) is 14.7. The highest BCUT2D eigenvalue weighted by Gasteiger charge is 2.30. The fourth-order valence-electron chi connectivity index (χ4n) is 2.43. The third-order valence-electron chi connectivity index (χ3n) is 3.54. The quantitative estimate of drug-likeness (QED) is 0.867.